The third kappa shape index (κ3) is 4.08. The summed E-state index contributed by atoms with van der Waals surface area (Å²) in [5, 5.41) is 13.4. The molecule has 0 aliphatic carbocycles. The van der Waals surface area contributed by atoms with Crippen LogP contribution in [0.5, 0.6) is 5.75 Å². The van der Waals surface area contributed by atoms with E-state index in [0.717, 1.165) is 34.7 Å². The van der Waals surface area contributed by atoms with Gasteiger partial charge in [-0.3, -0.25) is 0 Å². The highest BCUT2D eigenvalue weighted by Gasteiger charge is 2.37. The molecule has 1 atom stereocenters. The highest BCUT2D eigenvalue weighted by Crippen LogP contribution is 2.50. The minimum Gasteiger partial charge on any atom is -0.494 e. The molecule has 0 saturated heterocycles. The molecule has 29 heavy (non-hydrogen) atoms. The van der Waals surface area contributed by atoms with Crippen LogP contribution in [-0.2, 0) is 9.53 Å². The number of nitriles is 1. The smallest absolute Gasteiger partial charge is 0.336 e. The predicted octanol–water partition coefficient (Wildman–Crippen LogP) is 4.78. The van der Waals surface area contributed by atoms with Gasteiger partial charge in [-0.15, -0.1) is 11.3 Å². The molecule has 3 rings (SSSR count). The molecule has 7 heteroatoms. The zero-order valence-corrected chi connectivity index (χ0v) is 17.7. The van der Waals surface area contributed by atoms with Crippen LogP contribution in [-0.4, -0.2) is 19.2 Å². The number of hydrogen-bond acceptors (Lipinski definition) is 7. The number of nitrogens with two attached hydrogens (primary N) is 1. The predicted molar refractivity (Wildman–Crippen MR) is 115 cm³/mol. The second-order valence-electron chi connectivity index (χ2n) is 6.79. The van der Waals surface area contributed by atoms with E-state index in [0.29, 0.717) is 28.4 Å². The lowest BCUT2D eigenvalue weighted by molar-refractivity contribution is -0.138. The number of ether oxygens (including phenoxy) is 2. The molecule has 0 radical (unpaired) electrons. The number of thiophene rings is 1. The molecule has 152 valence electrons. The van der Waals surface area contributed by atoms with E-state index in [1.807, 2.05) is 31.2 Å². The van der Waals surface area contributed by atoms with Crippen molar-refractivity contribution in [2.24, 2.45) is 0 Å². The molecule has 0 spiro atoms. The summed E-state index contributed by atoms with van der Waals surface area (Å²) in [7, 11) is 0. The number of esters is 1. The molecule has 2 aromatic rings. The number of allylic oxidation sites excluding steroid dienone is 1. The summed E-state index contributed by atoms with van der Waals surface area (Å²) in [5.74, 6) is -0.0142. The van der Waals surface area contributed by atoms with E-state index in [2.05, 4.69) is 18.3 Å². The maximum Gasteiger partial charge on any atom is 0.336 e. The first-order valence-corrected chi connectivity index (χ1v) is 10.5. The normalized spacial score (nSPS) is 15.3. The van der Waals surface area contributed by atoms with Crippen molar-refractivity contribution in [3.63, 3.8) is 0 Å². The van der Waals surface area contributed by atoms with E-state index in [1.165, 1.54) is 11.3 Å². The van der Waals surface area contributed by atoms with E-state index in [1.54, 1.807) is 6.92 Å². The Bertz CT molecular complexity index is 970. The van der Waals surface area contributed by atoms with Gasteiger partial charge < -0.3 is 20.5 Å². The summed E-state index contributed by atoms with van der Waals surface area (Å²) in [6, 6.07) is 9.83. The average Bonchev–Trinajstić information content (AvgIpc) is 3.03. The van der Waals surface area contributed by atoms with Gasteiger partial charge in [-0.2, -0.15) is 5.26 Å². The van der Waals surface area contributed by atoms with Gasteiger partial charge in [-0.25, -0.2) is 4.79 Å². The molecule has 0 bridgehead atoms. The third-order valence-corrected chi connectivity index (χ3v) is 5.88. The van der Waals surface area contributed by atoms with Crippen LogP contribution in [0, 0.1) is 11.3 Å². The lowest BCUT2D eigenvalue weighted by Gasteiger charge is -2.28. The largest absolute Gasteiger partial charge is 0.494 e. The van der Waals surface area contributed by atoms with Gasteiger partial charge in [-0.1, -0.05) is 25.5 Å². The van der Waals surface area contributed by atoms with Crippen molar-refractivity contribution in [2.75, 3.05) is 24.3 Å². The number of nitrogens with zero attached hydrogens (tertiary/aromatic N) is 1. The van der Waals surface area contributed by atoms with Crippen molar-refractivity contribution in [3.8, 4) is 11.8 Å². The van der Waals surface area contributed by atoms with Crippen LogP contribution >= 0.6 is 11.3 Å². The number of unbranched alkanes of at least 4 members (excludes halogenated alkanes) is 1. The molecule has 3 N–H and O–H groups in total. The summed E-state index contributed by atoms with van der Waals surface area (Å²) in [4.78, 5) is 13.2. The third-order valence-electron chi connectivity index (χ3n) is 4.84. The first-order chi connectivity index (χ1) is 14.0. The molecule has 1 unspecified atom stereocenters. The number of nitrogen functional groups attached to an aromatic ring is 1. The molecule has 1 aromatic carbocycles. The lowest BCUT2D eigenvalue weighted by Crippen LogP contribution is -2.24. The van der Waals surface area contributed by atoms with Crippen molar-refractivity contribution >= 4 is 28.0 Å². The van der Waals surface area contributed by atoms with Crippen LogP contribution in [0.3, 0.4) is 0 Å². The minimum absolute atomic E-state index is 0.280. The molecule has 2 heterocycles. The Morgan fingerprint density at radius 2 is 2.03 bits per heavy atom. The van der Waals surface area contributed by atoms with Gasteiger partial charge in [0.25, 0.3) is 0 Å². The summed E-state index contributed by atoms with van der Waals surface area (Å²) in [6.07, 6.45) is 2.07. The van der Waals surface area contributed by atoms with Crippen LogP contribution in [0.2, 0.25) is 0 Å². The molecule has 6 nitrogen and oxygen atoms in total. The fraction of sp³-hybridized carbons (Fsp3) is 0.364. The molecular formula is C22H25N3O3S. The molecular weight excluding hydrogens is 386 g/mol. The first kappa shape index (κ1) is 20.7. The van der Waals surface area contributed by atoms with Gasteiger partial charge >= 0.3 is 5.97 Å². The Morgan fingerprint density at radius 1 is 1.31 bits per heavy atom. The minimum atomic E-state index is -0.409. The Labute approximate surface area is 174 Å². The number of benzene rings is 1. The summed E-state index contributed by atoms with van der Waals surface area (Å²) in [5.41, 5.74) is 9.57. The summed E-state index contributed by atoms with van der Waals surface area (Å²) in [6.45, 7) is 6.69. The van der Waals surface area contributed by atoms with Gasteiger partial charge in [-0.05, 0) is 38.0 Å². The highest BCUT2D eigenvalue weighted by atomic mass is 32.1. The van der Waals surface area contributed by atoms with Crippen LogP contribution in [0.1, 0.15) is 55.5 Å². The number of carbonyl (C=O) groups is 1. The molecule has 0 amide bonds. The standard InChI is InChI=1S/C22H25N3O3S/c1-4-6-11-28-15-9-7-14(8-10-15)18-17(22(26)27-5-2)13(3)25-21-19(18)20(24)16(12-23)29-21/h7-10,18,25H,4-6,11,24H2,1-3H3. The van der Waals surface area contributed by atoms with Crippen molar-refractivity contribution in [1.82, 2.24) is 0 Å². The van der Waals surface area contributed by atoms with Crippen molar-refractivity contribution in [3.05, 3.63) is 51.5 Å². The number of rotatable bonds is 7. The van der Waals surface area contributed by atoms with Crippen molar-refractivity contribution in [2.45, 2.75) is 39.5 Å². The van der Waals surface area contributed by atoms with Crippen LogP contribution in [0.4, 0.5) is 10.7 Å². The monoisotopic (exact) mass is 411 g/mol. The summed E-state index contributed by atoms with van der Waals surface area (Å²) >= 11 is 1.30. The zero-order chi connectivity index (χ0) is 21.0. The SMILES string of the molecule is CCCCOc1ccc(C2C(C(=O)OCC)=C(C)Nc3sc(C#N)c(N)c32)cc1. The Balaban J connectivity index is 2.06. The Morgan fingerprint density at radius 3 is 2.66 bits per heavy atom. The topological polar surface area (TPSA) is 97.4 Å². The second-order valence-corrected chi connectivity index (χ2v) is 7.81. The first-order valence-electron chi connectivity index (χ1n) is 9.71. The van der Waals surface area contributed by atoms with Gasteiger partial charge in [0.2, 0.25) is 0 Å². The van der Waals surface area contributed by atoms with Gasteiger partial charge in [0.1, 0.15) is 21.7 Å². The maximum absolute atomic E-state index is 12.8. The number of carbonyl (C=O) groups excluding carboxylic acids is 1. The number of nitrogens with one attached hydrogen (secondary N) is 1. The lowest BCUT2D eigenvalue weighted by atomic mass is 9.82. The average molecular weight is 412 g/mol. The van der Waals surface area contributed by atoms with E-state index in [9.17, 15) is 10.1 Å². The Kier molecular flexibility index (Phi) is 6.45. The molecule has 1 aliphatic heterocycles. The van der Waals surface area contributed by atoms with Gasteiger partial charge in [0, 0.05) is 17.2 Å². The van der Waals surface area contributed by atoms with E-state index >= 15 is 0 Å². The van der Waals surface area contributed by atoms with Crippen LogP contribution in [0.25, 0.3) is 0 Å². The molecule has 1 aliphatic rings. The zero-order valence-electron chi connectivity index (χ0n) is 16.9. The van der Waals surface area contributed by atoms with Crippen molar-refractivity contribution in [1.29, 1.82) is 5.26 Å². The second kappa shape index (κ2) is 9.01. The van der Waals surface area contributed by atoms with Crippen molar-refractivity contribution < 1.29 is 14.3 Å². The highest BCUT2D eigenvalue weighted by molar-refractivity contribution is 7.17. The van der Waals surface area contributed by atoms with Gasteiger partial charge in [0.05, 0.1) is 24.5 Å². The molecule has 1 aromatic heterocycles. The molecule has 0 saturated carbocycles. The fourth-order valence-electron chi connectivity index (χ4n) is 3.42. The maximum atomic E-state index is 12.8. The van der Waals surface area contributed by atoms with Crippen LogP contribution in [0.15, 0.2) is 35.5 Å². The fourth-order valence-corrected chi connectivity index (χ4v) is 4.43. The Hall–Kier alpha value is -2.98. The van der Waals surface area contributed by atoms with E-state index in [4.69, 9.17) is 15.2 Å². The number of hydrogen-bond donors (Lipinski definition) is 2. The van der Waals surface area contributed by atoms with Crippen LogP contribution < -0.4 is 15.8 Å². The van der Waals surface area contributed by atoms with E-state index < -0.39 is 5.92 Å². The number of fused-ring (bicyclic) bond motifs is 1. The molecule has 0 fully saturated rings. The van der Waals surface area contributed by atoms with E-state index in [-0.39, 0.29) is 12.6 Å². The quantitative estimate of drug-likeness (QED) is 0.503. The number of anilines is 2. The van der Waals surface area contributed by atoms with Gasteiger partial charge in [0.15, 0.2) is 0 Å². The summed E-state index contributed by atoms with van der Waals surface area (Å²) < 4.78 is 11.1.